The highest BCUT2D eigenvalue weighted by atomic mass is 16.5. The number of carbonyl (C=O) groups excluding carboxylic acids is 1. The number of hydrogen-bond donors (Lipinski definition) is 3. The third-order valence-electron chi connectivity index (χ3n) is 2.95. The lowest BCUT2D eigenvalue weighted by Crippen LogP contribution is -2.09. The van der Waals surface area contributed by atoms with E-state index in [0.29, 0.717) is 0 Å². The van der Waals surface area contributed by atoms with Crippen LogP contribution >= 0.6 is 0 Å². The molecule has 0 aromatic heterocycles. The van der Waals surface area contributed by atoms with E-state index < -0.39 is 23.9 Å². The van der Waals surface area contributed by atoms with Gasteiger partial charge in [0.1, 0.15) is 0 Å². The van der Waals surface area contributed by atoms with Crippen LogP contribution in [0.4, 0.5) is 0 Å². The van der Waals surface area contributed by atoms with Gasteiger partial charge in [0.05, 0.1) is 29.4 Å². The van der Waals surface area contributed by atoms with E-state index in [2.05, 4.69) is 4.74 Å². The molecule has 0 radical (unpaired) electrons. The summed E-state index contributed by atoms with van der Waals surface area (Å²) in [6.07, 6.45) is 0. The summed E-state index contributed by atoms with van der Waals surface area (Å²) in [5.41, 5.74) is -0.359. The Morgan fingerprint density at radius 3 is 1.20 bits per heavy atom. The van der Waals surface area contributed by atoms with Crippen LogP contribution in [0.15, 0.2) is 48.5 Å². The van der Waals surface area contributed by atoms with E-state index >= 15 is 0 Å². The lowest BCUT2D eigenvalue weighted by molar-refractivity contribution is 0.0582. The fourth-order valence-electron chi connectivity index (χ4n) is 1.81. The third-order valence-corrected chi connectivity index (χ3v) is 2.95. The van der Waals surface area contributed by atoms with Crippen LogP contribution in [0, 0.1) is 0 Å². The second-order valence-electron chi connectivity index (χ2n) is 4.50. The minimum absolute atomic E-state index is 0.0469. The molecule has 0 aliphatic rings. The third kappa shape index (κ3) is 5.17. The van der Waals surface area contributed by atoms with E-state index in [1.54, 1.807) is 12.1 Å². The number of carbonyl (C=O) groups is 4. The summed E-state index contributed by atoms with van der Waals surface area (Å²) < 4.78 is 4.42. The summed E-state index contributed by atoms with van der Waals surface area (Å²) in [6.45, 7) is 0. The zero-order chi connectivity index (χ0) is 19.0. The van der Waals surface area contributed by atoms with Crippen molar-refractivity contribution in [2.75, 3.05) is 7.11 Å². The minimum Gasteiger partial charge on any atom is -0.478 e. The summed E-state index contributed by atoms with van der Waals surface area (Å²) in [5.74, 6) is -4.24. The Balaban J connectivity index is 0.000000251. The second-order valence-corrected chi connectivity index (χ2v) is 4.50. The highest BCUT2D eigenvalue weighted by molar-refractivity contribution is 6.02. The molecule has 0 unspecified atom stereocenters. The van der Waals surface area contributed by atoms with Crippen LogP contribution < -0.4 is 0 Å². The molecule has 0 amide bonds. The number of aromatic carboxylic acids is 3. The van der Waals surface area contributed by atoms with E-state index in [4.69, 9.17) is 15.3 Å². The van der Waals surface area contributed by atoms with Crippen molar-refractivity contribution in [3.63, 3.8) is 0 Å². The molecule has 0 aliphatic heterocycles. The van der Waals surface area contributed by atoms with Gasteiger partial charge in [-0.25, -0.2) is 19.2 Å². The molecule has 8 heteroatoms. The topological polar surface area (TPSA) is 138 Å². The smallest absolute Gasteiger partial charge is 0.338 e. The molecule has 0 aliphatic carbocycles. The van der Waals surface area contributed by atoms with E-state index in [1.165, 1.54) is 43.5 Å². The maximum atomic E-state index is 11.1. The average Bonchev–Trinajstić information content (AvgIpc) is 2.61. The molecule has 0 atom stereocenters. The Labute approximate surface area is 141 Å². The first-order valence-corrected chi connectivity index (χ1v) is 6.75. The molecule has 0 saturated carbocycles. The summed E-state index contributed by atoms with van der Waals surface area (Å²) >= 11 is 0. The van der Waals surface area contributed by atoms with Crippen LogP contribution in [-0.4, -0.2) is 46.3 Å². The standard InChI is InChI=1S/C9H8O4.C8H6O4/c1-13-9(12)7-5-3-2-4-6(7)8(10)11;9-7(10)5-3-1-2-4-6(5)8(11)12/h2-5H,1H3,(H,10,11);1-4H,(H,9,10)(H,11,12). The van der Waals surface area contributed by atoms with Gasteiger partial charge in [0.25, 0.3) is 0 Å². The molecule has 8 nitrogen and oxygen atoms in total. The highest BCUT2D eigenvalue weighted by Gasteiger charge is 2.15. The van der Waals surface area contributed by atoms with Gasteiger partial charge in [0.15, 0.2) is 0 Å². The number of benzene rings is 2. The molecule has 0 bridgehead atoms. The van der Waals surface area contributed by atoms with E-state index in [1.807, 2.05) is 0 Å². The first kappa shape index (κ1) is 19.4. The van der Waals surface area contributed by atoms with Gasteiger partial charge in [-0.05, 0) is 24.3 Å². The first-order chi connectivity index (χ1) is 11.8. The van der Waals surface area contributed by atoms with Crippen molar-refractivity contribution in [1.82, 2.24) is 0 Å². The maximum absolute atomic E-state index is 11.1. The van der Waals surface area contributed by atoms with Crippen molar-refractivity contribution in [2.45, 2.75) is 0 Å². The first-order valence-electron chi connectivity index (χ1n) is 6.75. The molecule has 2 aromatic rings. The molecule has 0 spiro atoms. The van der Waals surface area contributed by atoms with E-state index in [0.717, 1.165) is 0 Å². The van der Waals surface area contributed by atoms with Gasteiger partial charge in [0.2, 0.25) is 0 Å². The molecule has 2 aromatic carbocycles. The molecule has 0 heterocycles. The second kappa shape index (κ2) is 8.82. The quantitative estimate of drug-likeness (QED) is 0.717. The van der Waals surface area contributed by atoms with Gasteiger partial charge in [-0.1, -0.05) is 24.3 Å². The molecule has 3 N–H and O–H groups in total. The van der Waals surface area contributed by atoms with Crippen molar-refractivity contribution >= 4 is 23.9 Å². The van der Waals surface area contributed by atoms with Crippen molar-refractivity contribution < 1.29 is 39.2 Å². The lowest BCUT2D eigenvalue weighted by Gasteiger charge is -2.02. The van der Waals surface area contributed by atoms with Crippen LogP contribution in [0.2, 0.25) is 0 Å². The molecule has 2 rings (SSSR count). The number of hydrogen-bond acceptors (Lipinski definition) is 5. The SMILES string of the molecule is COC(=O)c1ccccc1C(=O)O.O=C(O)c1ccccc1C(=O)O. The Bertz CT molecular complexity index is 777. The van der Waals surface area contributed by atoms with Gasteiger partial charge in [0, 0.05) is 0 Å². The van der Waals surface area contributed by atoms with Gasteiger partial charge in [-0.3, -0.25) is 0 Å². The van der Waals surface area contributed by atoms with Crippen LogP contribution in [-0.2, 0) is 4.74 Å². The number of rotatable bonds is 4. The normalized spacial score (nSPS) is 9.32. The number of esters is 1. The largest absolute Gasteiger partial charge is 0.478 e. The van der Waals surface area contributed by atoms with Gasteiger partial charge >= 0.3 is 23.9 Å². The molecular weight excluding hydrogens is 332 g/mol. The Kier molecular flexibility index (Phi) is 6.83. The predicted molar refractivity (Wildman–Crippen MR) is 85.1 cm³/mol. The summed E-state index contributed by atoms with van der Waals surface area (Å²) in [7, 11) is 1.21. The summed E-state index contributed by atoms with van der Waals surface area (Å²) in [6, 6.07) is 11.4. The molecule has 130 valence electrons. The van der Waals surface area contributed by atoms with Crippen molar-refractivity contribution in [3.05, 3.63) is 70.8 Å². The molecule has 25 heavy (non-hydrogen) atoms. The Morgan fingerprint density at radius 1 is 0.640 bits per heavy atom. The van der Waals surface area contributed by atoms with Crippen molar-refractivity contribution in [2.24, 2.45) is 0 Å². The highest BCUT2D eigenvalue weighted by Crippen LogP contribution is 2.09. The lowest BCUT2D eigenvalue weighted by atomic mass is 10.1. The van der Waals surface area contributed by atoms with Gasteiger partial charge in [-0.15, -0.1) is 0 Å². The number of ether oxygens (including phenoxy) is 1. The molecule has 0 fully saturated rings. The van der Waals surface area contributed by atoms with Crippen LogP contribution in [0.1, 0.15) is 41.4 Å². The number of carboxylic acid groups (broad SMARTS) is 3. The van der Waals surface area contributed by atoms with Crippen LogP contribution in [0.25, 0.3) is 0 Å². The van der Waals surface area contributed by atoms with Gasteiger partial charge in [-0.2, -0.15) is 0 Å². The minimum atomic E-state index is -1.23. The fraction of sp³-hybridized carbons (Fsp3) is 0.0588. The van der Waals surface area contributed by atoms with Crippen LogP contribution in [0.5, 0.6) is 0 Å². The number of carboxylic acids is 3. The predicted octanol–water partition coefficient (Wildman–Crippen LogP) is 2.25. The molecule has 0 saturated heterocycles. The zero-order valence-electron chi connectivity index (χ0n) is 13.0. The molecular formula is C17H14O8. The average molecular weight is 346 g/mol. The summed E-state index contributed by atoms with van der Waals surface area (Å²) in [5, 5.41) is 25.8. The van der Waals surface area contributed by atoms with Crippen LogP contribution in [0.3, 0.4) is 0 Å². The Morgan fingerprint density at radius 2 is 0.920 bits per heavy atom. The van der Waals surface area contributed by atoms with Crippen molar-refractivity contribution in [3.8, 4) is 0 Å². The summed E-state index contributed by atoms with van der Waals surface area (Å²) in [4.78, 5) is 42.6. The van der Waals surface area contributed by atoms with Crippen molar-refractivity contribution in [1.29, 1.82) is 0 Å². The fourth-order valence-corrected chi connectivity index (χ4v) is 1.81. The monoisotopic (exact) mass is 346 g/mol. The van der Waals surface area contributed by atoms with E-state index in [9.17, 15) is 19.2 Å². The van der Waals surface area contributed by atoms with Gasteiger partial charge < -0.3 is 20.1 Å². The maximum Gasteiger partial charge on any atom is 0.338 e. The zero-order valence-corrected chi connectivity index (χ0v) is 13.0. The van der Waals surface area contributed by atoms with E-state index in [-0.39, 0.29) is 22.3 Å². The Hall–Kier alpha value is -3.68. The number of methoxy groups -OCH3 is 1.